The number of aromatic carboxylic acids is 1. The molecular weight excluding hydrogens is 264 g/mol. The maximum absolute atomic E-state index is 11.7. The SMILES string of the molecule is C=CC(O)OCCCOC(=O)c1ccccc1C(=O)O. The van der Waals surface area contributed by atoms with Crippen LogP contribution in [0.4, 0.5) is 0 Å². The van der Waals surface area contributed by atoms with Gasteiger partial charge >= 0.3 is 11.9 Å². The molecule has 1 rings (SSSR count). The molecule has 20 heavy (non-hydrogen) atoms. The standard InChI is InChI=1S/C14H16O6/c1-2-12(15)19-8-5-9-20-14(18)11-7-4-3-6-10(11)13(16)17/h2-4,6-7,12,15H,1,5,8-9H2,(H,16,17). The summed E-state index contributed by atoms with van der Waals surface area (Å²) in [4.78, 5) is 22.7. The summed E-state index contributed by atoms with van der Waals surface area (Å²) >= 11 is 0. The van der Waals surface area contributed by atoms with Gasteiger partial charge in [-0.25, -0.2) is 9.59 Å². The van der Waals surface area contributed by atoms with Crippen LogP contribution in [0.2, 0.25) is 0 Å². The lowest BCUT2D eigenvalue weighted by Crippen LogP contribution is -2.14. The van der Waals surface area contributed by atoms with Gasteiger partial charge in [-0.3, -0.25) is 0 Å². The second kappa shape index (κ2) is 8.08. The van der Waals surface area contributed by atoms with Gasteiger partial charge in [0, 0.05) is 6.42 Å². The maximum atomic E-state index is 11.7. The molecule has 0 aliphatic carbocycles. The predicted molar refractivity (Wildman–Crippen MR) is 70.5 cm³/mol. The van der Waals surface area contributed by atoms with Crippen LogP contribution in [0.5, 0.6) is 0 Å². The summed E-state index contributed by atoms with van der Waals surface area (Å²) < 4.78 is 9.84. The third kappa shape index (κ3) is 4.83. The Balaban J connectivity index is 2.44. The van der Waals surface area contributed by atoms with Crippen molar-refractivity contribution < 1.29 is 29.3 Å². The number of aliphatic hydroxyl groups is 1. The number of carboxylic acid groups (broad SMARTS) is 1. The average Bonchev–Trinajstić information content (AvgIpc) is 2.46. The van der Waals surface area contributed by atoms with Crippen molar-refractivity contribution >= 4 is 11.9 Å². The molecule has 0 fully saturated rings. The maximum Gasteiger partial charge on any atom is 0.339 e. The number of aliphatic hydroxyl groups excluding tert-OH is 1. The molecule has 0 aliphatic heterocycles. The second-order valence-electron chi connectivity index (χ2n) is 3.84. The Morgan fingerprint density at radius 3 is 2.50 bits per heavy atom. The summed E-state index contributed by atoms with van der Waals surface area (Å²) in [6, 6.07) is 5.82. The minimum atomic E-state index is -1.19. The lowest BCUT2D eigenvalue weighted by molar-refractivity contribution is -0.0673. The number of hydrogen-bond donors (Lipinski definition) is 2. The van der Waals surface area contributed by atoms with E-state index in [-0.39, 0.29) is 24.3 Å². The number of carbonyl (C=O) groups excluding carboxylic acids is 1. The number of esters is 1. The number of carboxylic acids is 1. The molecule has 0 aromatic heterocycles. The zero-order chi connectivity index (χ0) is 15.0. The van der Waals surface area contributed by atoms with Gasteiger partial charge in [-0.15, -0.1) is 0 Å². The van der Waals surface area contributed by atoms with Crippen molar-refractivity contribution in [1.29, 1.82) is 0 Å². The fourth-order valence-electron chi connectivity index (χ4n) is 1.42. The Morgan fingerprint density at radius 1 is 1.25 bits per heavy atom. The van der Waals surface area contributed by atoms with E-state index in [0.29, 0.717) is 6.42 Å². The molecule has 2 N–H and O–H groups in total. The van der Waals surface area contributed by atoms with Gasteiger partial charge in [0.2, 0.25) is 0 Å². The van der Waals surface area contributed by atoms with Crippen molar-refractivity contribution in [2.45, 2.75) is 12.7 Å². The topological polar surface area (TPSA) is 93.1 Å². The van der Waals surface area contributed by atoms with Gasteiger partial charge in [0.15, 0.2) is 6.29 Å². The van der Waals surface area contributed by atoms with Crippen molar-refractivity contribution in [1.82, 2.24) is 0 Å². The summed E-state index contributed by atoms with van der Waals surface area (Å²) in [7, 11) is 0. The highest BCUT2D eigenvalue weighted by Crippen LogP contribution is 2.10. The molecule has 1 unspecified atom stereocenters. The third-order valence-corrected chi connectivity index (χ3v) is 2.39. The van der Waals surface area contributed by atoms with E-state index in [1.54, 1.807) is 6.07 Å². The van der Waals surface area contributed by atoms with Gasteiger partial charge in [-0.2, -0.15) is 0 Å². The van der Waals surface area contributed by atoms with Crippen LogP contribution in [-0.4, -0.2) is 41.7 Å². The van der Waals surface area contributed by atoms with Crippen LogP contribution in [0.15, 0.2) is 36.9 Å². The normalized spacial score (nSPS) is 11.7. The van der Waals surface area contributed by atoms with Crippen LogP contribution in [0.25, 0.3) is 0 Å². The molecule has 0 radical (unpaired) electrons. The van der Waals surface area contributed by atoms with Gasteiger partial charge in [0.1, 0.15) is 0 Å². The Bertz CT molecular complexity index is 482. The van der Waals surface area contributed by atoms with E-state index in [4.69, 9.17) is 19.7 Å². The molecule has 1 aromatic rings. The molecule has 0 bridgehead atoms. The smallest absolute Gasteiger partial charge is 0.339 e. The van der Waals surface area contributed by atoms with E-state index in [9.17, 15) is 9.59 Å². The molecule has 6 heteroatoms. The van der Waals surface area contributed by atoms with Gasteiger partial charge in [-0.05, 0) is 18.2 Å². The number of rotatable bonds is 8. The molecule has 0 aliphatic rings. The van der Waals surface area contributed by atoms with E-state index in [0.717, 1.165) is 0 Å². The zero-order valence-corrected chi connectivity index (χ0v) is 10.8. The van der Waals surface area contributed by atoms with Crippen molar-refractivity contribution in [3.8, 4) is 0 Å². The van der Waals surface area contributed by atoms with Crippen LogP contribution in [0.3, 0.4) is 0 Å². The van der Waals surface area contributed by atoms with Gasteiger partial charge < -0.3 is 19.7 Å². The minimum absolute atomic E-state index is 0.00652. The molecule has 108 valence electrons. The Labute approximate surface area is 116 Å². The summed E-state index contributed by atoms with van der Waals surface area (Å²) in [6.07, 6.45) is 0.569. The van der Waals surface area contributed by atoms with E-state index in [2.05, 4.69) is 6.58 Å². The quantitative estimate of drug-likeness (QED) is 0.324. The molecule has 0 saturated heterocycles. The molecule has 0 heterocycles. The Morgan fingerprint density at radius 2 is 1.90 bits per heavy atom. The highest BCUT2D eigenvalue weighted by Gasteiger charge is 2.16. The average molecular weight is 280 g/mol. The molecule has 0 spiro atoms. The number of carbonyl (C=O) groups is 2. The number of benzene rings is 1. The molecule has 1 atom stereocenters. The minimum Gasteiger partial charge on any atom is -0.478 e. The van der Waals surface area contributed by atoms with Crippen LogP contribution >= 0.6 is 0 Å². The van der Waals surface area contributed by atoms with Crippen LogP contribution in [0.1, 0.15) is 27.1 Å². The first-order valence-corrected chi connectivity index (χ1v) is 5.98. The highest BCUT2D eigenvalue weighted by molar-refractivity contribution is 6.02. The third-order valence-electron chi connectivity index (χ3n) is 2.39. The summed E-state index contributed by atoms with van der Waals surface area (Å²) in [5, 5.41) is 18.0. The summed E-state index contributed by atoms with van der Waals surface area (Å²) in [5.41, 5.74) is -0.0946. The van der Waals surface area contributed by atoms with Crippen molar-refractivity contribution in [3.63, 3.8) is 0 Å². The van der Waals surface area contributed by atoms with Crippen molar-refractivity contribution in [2.75, 3.05) is 13.2 Å². The monoisotopic (exact) mass is 280 g/mol. The Hall–Kier alpha value is -2.18. The molecule has 1 aromatic carbocycles. The molecule has 0 saturated carbocycles. The first-order chi connectivity index (χ1) is 9.56. The van der Waals surface area contributed by atoms with Gasteiger partial charge in [0.05, 0.1) is 24.3 Å². The number of hydrogen-bond acceptors (Lipinski definition) is 5. The lowest BCUT2D eigenvalue weighted by Gasteiger charge is -2.09. The first kappa shape index (κ1) is 15.9. The van der Waals surface area contributed by atoms with Gasteiger partial charge in [0.25, 0.3) is 0 Å². The van der Waals surface area contributed by atoms with Crippen LogP contribution in [-0.2, 0) is 9.47 Å². The van der Waals surface area contributed by atoms with E-state index >= 15 is 0 Å². The van der Waals surface area contributed by atoms with Crippen LogP contribution < -0.4 is 0 Å². The second-order valence-corrected chi connectivity index (χ2v) is 3.84. The Kier molecular flexibility index (Phi) is 6.42. The van der Waals surface area contributed by atoms with Crippen LogP contribution in [0, 0.1) is 0 Å². The highest BCUT2D eigenvalue weighted by atomic mass is 16.6. The fraction of sp³-hybridized carbons (Fsp3) is 0.286. The molecule has 6 nitrogen and oxygen atoms in total. The van der Waals surface area contributed by atoms with E-state index in [1.165, 1.54) is 24.3 Å². The lowest BCUT2D eigenvalue weighted by atomic mass is 10.1. The fourth-order valence-corrected chi connectivity index (χ4v) is 1.42. The van der Waals surface area contributed by atoms with Gasteiger partial charge in [-0.1, -0.05) is 18.7 Å². The summed E-state index contributed by atoms with van der Waals surface area (Å²) in [6.45, 7) is 3.60. The summed E-state index contributed by atoms with van der Waals surface area (Å²) in [5.74, 6) is -1.89. The van der Waals surface area contributed by atoms with Crippen molar-refractivity contribution in [2.24, 2.45) is 0 Å². The molecule has 0 amide bonds. The van der Waals surface area contributed by atoms with E-state index < -0.39 is 18.2 Å². The first-order valence-electron chi connectivity index (χ1n) is 5.98. The van der Waals surface area contributed by atoms with E-state index in [1.807, 2.05) is 0 Å². The molecular formula is C14H16O6. The largest absolute Gasteiger partial charge is 0.478 e. The zero-order valence-electron chi connectivity index (χ0n) is 10.8. The number of ether oxygens (including phenoxy) is 2. The predicted octanol–water partition coefficient (Wildman–Crippen LogP) is 1.45. The van der Waals surface area contributed by atoms with Crippen molar-refractivity contribution in [3.05, 3.63) is 48.0 Å².